The van der Waals surface area contributed by atoms with Gasteiger partial charge in [-0.05, 0) is 48.1 Å². The first kappa shape index (κ1) is 17.5. The lowest BCUT2D eigenvalue weighted by molar-refractivity contribution is 0.374. The van der Waals surface area contributed by atoms with Crippen LogP contribution in [0, 0.1) is 0 Å². The summed E-state index contributed by atoms with van der Waals surface area (Å²) in [6.45, 7) is 2.02. The van der Waals surface area contributed by atoms with E-state index in [4.69, 9.17) is 9.79 Å². The number of rotatable bonds is 5. The highest BCUT2D eigenvalue weighted by Crippen LogP contribution is 2.39. The molecule has 124 valence electrons. The molecule has 1 atom stereocenters. The average molecular weight is 337 g/mol. The quantitative estimate of drug-likeness (QED) is 0.614. The summed E-state index contributed by atoms with van der Waals surface area (Å²) in [6, 6.07) is 7.02. The number of benzene rings is 1. The second-order valence-electron chi connectivity index (χ2n) is 5.62. The number of hydrogen-bond donors (Lipinski definition) is 4. The predicted molar refractivity (Wildman–Crippen MR) is 88.6 cm³/mol. The number of phenolic OH excluding ortho intramolecular Hbond substituents is 1. The van der Waals surface area contributed by atoms with Gasteiger partial charge in [0.1, 0.15) is 5.75 Å². The Morgan fingerprint density at radius 3 is 2.65 bits per heavy atom. The van der Waals surface area contributed by atoms with Crippen LogP contribution in [0.4, 0.5) is 0 Å². The van der Waals surface area contributed by atoms with Crippen molar-refractivity contribution in [1.29, 1.82) is 0 Å². The Morgan fingerprint density at radius 2 is 2.00 bits per heavy atom. The highest BCUT2D eigenvalue weighted by molar-refractivity contribution is 7.50. The molecule has 0 aromatic heterocycles. The van der Waals surface area contributed by atoms with Crippen molar-refractivity contribution in [3.05, 3.63) is 53.3 Å². The molecule has 1 aromatic rings. The van der Waals surface area contributed by atoms with Crippen LogP contribution in [-0.2, 0) is 4.57 Å². The van der Waals surface area contributed by atoms with Crippen LogP contribution in [0.1, 0.15) is 37.7 Å². The van der Waals surface area contributed by atoms with Gasteiger partial charge in [0.05, 0.1) is 11.5 Å². The zero-order valence-corrected chi connectivity index (χ0v) is 13.6. The molecule has 2 rings (SSSR count). The largest absolute Gasteiger partial charge is 0.512 e. The van der Waals surface area contributed by atoms with Crippen LogP contribution < -0.4 is 0 Å². The minimum absolute atomic E-state index is 0.0252. The summed E-state index contributed by atoms with van der Waals surface area (Å²) in [4.78, 5) is 18.1. The van der Waals surface area contributed by atoms with Crippen molar-refractivity contribution in [3.63, 3.8) is 0 Å². The third-order valence-electron chi connectivity index (χ3n) is 3.73. The maximum absolute atomic E-state index is 11.1. The van der Waals surface area contributed by atoms with Gasteiger partial charge in [0.15, 0.2) is 0 Å². The van der Waals surface area contributed by atoms with E-state index in [1.807, 2.05) is 13.0 Å². The van der Waals surface area contributed by atoms with Crippen molar-refractivity contribution in [2.24, 2.45) is 4.76 Å². The fourth-order valence-corrected chi connectivity index (χ4v) is 3.01. The molecule has 0 saturated carbocycles. The molecule has 0 fully saturated rings. The van der Waals surface area contributed by atoms with E-state index >= 15 is 0 Å². The first-order valence-corrected chi connectivity index (χ1v) is 8.84. The number of nitrogens with zero attached hydrogens (tertiary/aromatic N) is 1. The highest BCUT2D eigenvalue weighted by Gasteiger charge is 2.20. The maximum atomic E-state index is 11.1. The molecular weight excluding hydrogens is 317 g/mol. The van der Waals surface area contributed by atoms with Crippen LogP contribution in [0.5, 0.6) is 5.75 Å². The smallest absolute Gasteiger partial charge is 0.448 e. The van der Waals surface area contributed by atoms with Gasteiger partial charge in [0.2, 0.25) is 0 Å². The van der Waals surface area contributed by atoms with Crippen molar-refractivity contribution in [2.45, 2.75) is 32.1 Å². The van der Waals surface area contributed by atoms with E-state index in [1.165, 1.54) is 6.08 Å². The Bertz CT molecular complexity index is 717. The van der Waals surface area contributed by atoms with Crippen LogP contribution >= 0.6 is 7.75 Å². The van der Waals surface area contributed by atoms with Crippen molar-refractivity contribution in [1.82, 2.24) is 0 Å². The van der Waals surface area contributed by atoms with Crippen molar-refractivity contribution < 1.29 is 24.6 Å². The van der Waals surface area contributed by atoms with Crippen LogP contribution in [-0.4, -0.2) is 25.7 Å². The number of aliphatic hydroxyl groups is 1. The second kappa shape index (κ2) is 7.13. The zero-order valence-electron chi connectivity index (χ0n) is 12.8. The molecule has 0 spiro atoms. The zero-order chi connectivity index (χ0) is 17.0. The molecule has 4 N–H and O–H groups in total. The molecule has 0 amide bonds. The van der Waals surface area contributed by atoms with Crippen molar-refractivity contribution >= 4 is 13.5 Å². The fraction of sp³-hybridized carbons (Fsp3) is 0.312. The van der Waals surface area contributed by atoms with E-state index in [0.29, 0.717) is 12.0 Å². The van der Waals surface area contributed by atoms with Gasteiger partial charge in [-0.15, -0.1) is 0 Å². The lowest BCUT2D eigenvalue weighted by atomic mass is 9.90. The fourth-order valence-electron chi connectivity index (χ4n) is 2.49. The van der Waals surface area contributed by atoms with Gasteiger partial charge in [-0.2, -0.15) is 4.76 Å². The topological polar surface area (TPSA) is 110 Å². The summed E-state index contributed by atoms with van der Waals surface area (Å²) in [5, 5.41) is 19.1. The summed E-state index contributed by atoms with van der Waals surface area (Å²) in [5.41, 5.74) is 1.92. The van der Waals surface area contributed by atoms with Gasteiger partial charge >= 0.3 is 7.75 Å². The Labute approximate surface area is 134 Å². The minimum atomic E-state index is -4.53. The van der Waals surface area contributed by atoms with Gasteiger partial charge in [0, 0.05) is 6.42 Å². The molecule has 0 radical (unpaired) electrons. The van der Waals surface area contributed by atoms with E-state index in [0.717, 1.165) is 12.0 Å². The van der Waals surface area contributed by atoms with Gasteiger partial charge in [-0.3, -0.25) is 0 Å². The van der Waals surface area contributed by atoms with E-state index < -0.39 is 7.75 Å². The number of hydrogen-bond acceptors (Lipinski definition) is 3. The molecular formula is C16H20NO5P. The molecule has 23 heavy (non-hydrogen) atoms. The molecule has 1 aliphatic carbocycles. The molecule has 0 saturated heterocycles. The van der Waals surface area contributed by atoms with Crippen LogP contribution in [0.3, 0.4) is 0 Å². The molecule has 0 heterocycles. The Balaban J connectivity index is 2.11. The van der Waals surface area contributed by atoms with Gasteiger partial charge in [-0.1, -0.05) is 25.1 Å². The van der Waals surface area contributed by atoms with E-state index in [1.54, 1.807) is 24.3 Å². The molecule has 1 unspecified atom stereocenters. The van der Waals surface area contributed by atoms with E-state index in [9.17, 15) is 14.8 Å². The molecule has 7 heteroatoms. The van der Waals surface area contributed by atoms with E-state index in [2.05, 4.69) is 4.76 Å². The number of allylic oxidation sites excluding steroid dienone is 4. The number of phenols is 1. The Kier molecular flexibility index (Phi) is 5.42. The first-order valence-electron chi connectivity index (χ1n) is 7.27. The third kappa shape index (κ3) is 5.36. The van der Waals surface area contributed by atoms with Gasteiger partial charge in [0.25, 0.3) is 0 Å². The first-order chi connectivity index (χ1) is 10.7. The molecule has 0 aliphatic heterocycles. The average Bonchev–Trinajstić information content (AvgIpc) is 2.44. The summed E-state index contributed by atoms with van der Waals surface area (Å²) in [7, 11) is -4.53. The maximum Gasteiger partial charge on any atom is 0.448 e. The predicted octanol–water partition coefficient (Wildman–Crippen LogP) is 3.58. The third-order valence-corrected chi connectivity index (χ3v) is 4.24. The van der Waals surface area contributed by atoms with Crippen LogP contribution in [0.25, 0.3) is 0 Å². The van der Waals surface area contributed by atoms with Crippen LogP contribution in [0.15, 0.2) is 52.5 Å². The Hall–Kier alpha value is -1.88. The molecule has 0 bridgehead atoms. The molecule has 1 aromatic carbocycles. The molecule has 6 nitrogen and oxygen atoms in total. The minimum Gasteiger partial charge on any atom is -0.512 e. The molecule has 1 aliphatic rings. The summed E-state index contributed by atoms with van der Waals surface area (Å²) >= 11 is 0. The van der Waals surface area contributed by atoms with Gasteiger partial charge < -0.3 is 20.0 Å². The SMILES string of the molecule is CC(CCC1=CC=C(O)CC1=NP(=O)(O)O)c1cccc(O)c1. The van der Waals surface area contributed by atoms with Crippen LogP contribution in [0.2, 0.25) is 0 Å². The van der Waals surface area contributed by atoms with E-state index in [-0.39, 0.29) is 29.6 Å². The summed E-state index contributed by atoms with van der Waals surface area (Å²) < 4.78 is 14.5. The monoisotopic (exact) mass is 337 g/mol. The lowest BCUT2D eigenvalue weighted by Crippen LogP contribution is -2.10. The number of aliphatic hydroxyl groups excluding tert-OH is 1. The normalized spacial score (nSPS) is 18.5. The highest BCUT2D eigenvalue weighted by atomic mass is 31.2. The standard InChI is InChI=1S/C16H20NO5P/c1-11(13-3-2-4-14(18)9-13)5-6-12-7-8-15(19)10-16(12)17-23(20,21)22/h2-4,7-9,11,18-19H,5-6,10H2,1H3,(H2,20,21,22). The second-order valence-corrected chi connectivity index (χ2v) is 6.85. The van der Waals surface area contributed by atoms with Gasteiger partial charge in [-0.25, -0.2) is 4.57 Å². The van der Waals surface area contributed by atoms with Crippen molar-refractivity contribution in [2.75, 3.05) is 0 Å². The summed E-state index contributed by atoms with van der Waals surface area (Å²) in [5.74, 6) is 0.406. The Morgan fingerprint density at radius 1 is 1.26 bits per heavy atom. The lowest BCUT2D eigenvalue weighted by Gasteiger charge is -2.17. The summed E-state index contributed by atoms with van der Waals surface area (Å²) in [6.07, 6.45) is 4.48. The number of aromatic hydroxyl groups is 1. The van der Waals surface area contributed by atoms with Crippen molar-refractivity contribution in [3.8, 4) is 5.75 Å².